The molecule has 0 aliphatic heterocycles. The Hall–Kier alpha value is -1.04. The van der Waals surface area contributed by atoms with Gasteiger partial charge in [-0.05, 0) is 37.1 Å². The Bertz CT molecular complexity index is 460. The highest BCUT2D eigenvalue weighted by Gasteiger charge is 2.33. The van der Waals surface area contributed by atoms with Crippen LogP contribution in [0.3, 0.4) is 0 Å². The third-order valence-electron chi connectivity index (χ3n) is 2.56. The topological polar surface area (TPSA) is 20.3 Å². The van der Waals surface area contributed by atoms with Crippen molar-refractivity contribution in [2.45, 2.75) is 26.4 Å². The summed E-state index contributed by atoms with van der Waals surface area (Å²) in [6.45, 7) is 2.40. The van der Waals surface area contributed by atoms with Gasteiger partial charge in [0.2, 0.25) is 0 Å². The highest BCUT2D eigenvalue weighted by Crippen LogP contribution is 2.21. The van der Waals surface area contributed by atoms with Gasteiger partial charge in [-0.15, -0.1) is 0 Å². The molecule has 106 valence electrons. The molecule has 0 unspecified atom stereocenters. The van der Waals surface area contributed by atoms with Crippen molar-refractivity contribution in [1.29, 1.82) is 0 Å². The van der Waals surface area contributed by atoms with Crippen LogP contribution in [0.1, 0.15) is 29.3 Å². The van der Waals surface area contributed by atoms with Crippen molar-refractivity contribution in [2.75, 3.05) is 13.1 Å². The second-order valence-electron chi connectivity index (χ2n) is 4.31. The molecule has 6 heteroatoms. The summed E-state index contributed by atoms with van der Waals surface area (Å²) >= 11 is 3.29. The second kappa shape index (κ2) is 6.41. The first-order valence-electron chi connectivity index (χ1n) is 5.86. The molecule has 0 aliphatic carbocycles. The van der Waals surface area contributed by atoms with Gasteiger partial charge in [0.15, 0.2) is 0 Å². The van der Waals surface area contributed by atoms with Crippen molar-refractivity contribution in [2.24, 2.45) is 0 Å². The third-order valence-corrected chi connectivity index (χ3v) is 3.45. The van der Waals surface area contributed by atoms with Gasteiger partial charge in [-0.1, -0.05) is 22.9 Å². The molecule has 1 rings (SSSR count). The van der Waals surface area contributed by atoms with Crippen molar-refractivity contribution in [3.63, 3.8) is 0 Å². The Morgan fingerprint density at radius 3 is 2.47 bits per heavy atom. The summed E-state index contributed by atoms with van der Waals surface area (Å²) < 4.78 is 38.2. The predicted molar refractivity (Wildman–Crippen MR) is 71.1 cm³/mol. The molecule has 0 fully saturated rings. The first-order chi connectivity index (χ1) is 8.74. The molecule has 19 heavy (non-hydrogen) atoms. The normalized spacial score (nSPS) is 11.5. The number of carbonyl (C=O) groups is 1. The van der Waals surface area contributed by atoms with Crippen molar-refractivity contribution >= 4 is 21.8 Å². The molecule has 0 saturated heterocycles. The van der Waals surface area contributed by atoms with E-state index in [-0.39, 0.29) is 12.1 Å². The lowest BCUT2D eigenvalue weighted by Crippen LogP contribution is -2.39. The molecule has 0 N–H and O–H groups in total. The maximum Gasteiger partial charge on any atom is 0.406 e. The quantitative estimate of drug-likeness (QED) is 0.807. The fourth-order valence-corrected chi connectivity index (χ4v) is 1.95. The van der Waals surface area contributed by atoms with Crippen LogP contribution in [0.2, 0.25) is 0 Å². The third kappa shape index (κ3) is 4.86. The lowest BCUT2D eigenvalue weighted by Gasteiger charge is -2.23. The molecule has 0 aliphatic rings. The standard InChI is InChI=1S/C13H15BrF3NO/c1-3-6-18(8-13(15,16)17)12(19)10-4-5-11(14)9(2)7-10/h4-5,7H,3,6,8H2,1-2H3. The van der Waals surface area contributed by atoms with E-state index in [1.54, 1.807) is 26.0 Å². The number of halogens is 4. The first kappa shape index (κ1) is 16.0. The molecule has 2 nitrogen and oxygen atoms in total. The number of hydrogen-bond donors (Lipinski definition) is 0. The zero-order chi connectivity index (χ0) is 14.6. The zero-order valence-electron chi connectivity index (χ0n) is 10.7. The van der Waals surface area contributed by atoms with Crippen molar-refractivity contribution in [1.82, 2.24) is 4.90 Å². The van der Waals surface area contributed by atoms with Crippen LogP contribution in [0.5, 0.6) is 0 Å². The minimum atomic E-state index is -4.38. The van der Waals surface area contributed by atoms with Crippen molar-refractivity contribution in [3.05, 3.63) is 33.8 Å². The van der Waals surface area contributed by atoms with E-state index in [0.717, 1.165) is 14.9 Å². The van der Waals surface area contributed by atoms with E-state index in [2.05, 4.69) is 15.9 Å². The molecule has 0 heterocycles. The fourth-order valence-electron chi connectivity index (χ4n) is 1.70. The van der Waals surface area contributed by atoms with Gasteiger partial charge in [0.25, 0.3) is 5.91 Å². The van der Waals surface area contributed by atoms with Gasteiger partial charge in [0, 0.05) is 16.6 Å². The molecular formula is C13H15BrF3NO. The number of hydrogen-bond acceptors (Lipinski definition) is 1. The summed E-state index contributed by atoms with van der Waals surface area (Å²) in [6.07, 6.45) is -3.90. The Balaban J connectivity index is 2.95. The smallest absolute Gasteiger partial charge is 0.330 e. The summed E-state index contributed by atoms with van der Waals surface area (Å²) in [5, 5.41) is 0. The Morgan fingerprint density at radius 1 is 1.37 bits per heavy atom. The van der Waals surface area contributed by atoms with Crippen molar-refractivity contribution in [3.8, 4) is 0 Å². The van der Waals surface area contributed by atoms with Gasteiger partial charge in [0.1, 0.15) is 6.54 Å². The first-order valence-corrected chi connectivity index (χ1v) is 6.66. The molecule has 0 bridgehead atoms. The van der Waals surface area contributed by atoms with Gasteiger partial charge in [-0.25, -0.2) is 0 Å². The number of carbonyl (C=O) groups excluding carboxylic acids is 1. The van der Waals surface area contributed by atoms with E-state index >= 15 is 0 Å². The number of rotatable bonds is 4. The molecule has 0 radical (unpaired) electrons. The molecule has 1 amide bonds. The molecule has 0 aromatic heterocycles. The monoisotopic (exact) mass is 337 g/mol. The Kier molecular flexibility index (Phi) is 5.40. The van der Waals surface area contributed by atoms with Crippen LogP contribution in [0.25, 0.3) is 0 Å². The SMILES string of the molecule is CCCN(CC(F)(F)F)C(=O)c1ccc(Br)c(C)c1. The summed E-state index contributed by atoms with van der Waals surface area (Å²) in [5.74, 6) is -0.588. The lowest BCUT2D eigenvalue weighted by molar-refractivity contribution is -0.140. The molecule has 1 aromatic carbocycles. The van der Waals surface area contributed by atoms with E-state index in [9.17, 15) is 18.0 Å². The average molecular weight is 338 g/mol. The summed E-state index contributed by atoms with van der Waals surface area (Å²) in [5.41, 5.74) is 1.09. The van der Waals surface area contributed by atoms with E-state index in [0.29, 0.717) is 6.42 Å². The Morgan fingerprint density at radius 2 is 2.00 bits per heavy atom. The van der Waals surface area contributed by atoms with Crippen LogP contribution in [0.15, 0.2) is 22.7 Å². The fraction of sp³-hybridized carbons (Fsp3) is 0.462. The summed E-state index contributed by atoms with van der Waals surface area (Å²) in [4.78, 5) is 12.9. The van der Waals surface area contributed by atoms with E-state index < -0.39 is 18.6 Å². The summed E-state index contributed by atoms with van der Waals surface area (Å²) in [7, 11) is 0. The predicted octanol–water partition coefficient (Wildman–Crippen LogP) is 4.17. The van der Waals surface area contributed by atoms with Gasteiger partial charge >= 0.3 is 6.18 Å². The van der Waals surface area contributed by atoms with Gasteiger partial charge < -0.3 is 4.90 Å². The Labute approximate surface area is 118 Å². The molecule has 0 spiro atoms. The second-order valence-corrected chi connectivity index (χ2v) is 5.16. The average Bonchev–Trinajstić information content (AvgIpc) is 2.29. The minimum Gasteiger partial charge on any atom is -0.330 e. The van der Waals surface area contributed by atoms with Crippen LogP contribution in [-0.2, 0) is 0 Å². The van der Waals surface area contributed by atoms with Gasteiger partial charge in [0.05, 0.1) is 0 Å². The number of alkyl halides is 3. The summed E-state index contributed by atoms with van der Waals surface area (Å²) in [6, 6.07) is 4.78. The highest BCUT2D eigenvalue weighted by atomic mass is 79.9. The molecule has 0 atom stereocenters. The van der Waals surface area contributed by atoms with Crippen molar-refractivity contribution < 1.29 is 18.0 Å². The molecular weight excluding hydrogens is 323 g/mol. The van der Waals surface area contributed by atoms with Crippen LogP contribution >= 0.6 is 15.9 Å². The number of nitrogens with zero attached hydrogens (tertiary/aromatic N) is 1. The number of aryl methyl sites for hydroxylation is 1. The van der Waals surface area contributed by atoms with Crippen LogP contribution < -0.4 is 0 Å². The molecule has 0 saturated carbocycles. The van der Waals surface area contributed by atoms with Crippen LogP contribution in [0, 0.1) is 6.92 Å². The van der Waals surface area contributed by atoms with Gasteiger partial charge in [-0.3, -0.25) is 4.79 Å². The van der Waals surface area contributed by atoms with E-state index in [1.807, 2.05) is 0 Å². The van der Waals surface area contributed by atoms with Crippen LogP contribution in [-0.4, -0.2) is 30.1 Å². The zero-order valence-corrected chi connectivity index (χ0v) is 12.3. The largest absolute Gasteiger partial charge is 0.406 e. The maximum absolute atomic E-state index is 12.4. The number of benzene rings is 1. The maximum atomic E-state index is 12.4. The molecule has 1 aromatic rings. The number of amides is 1. The van der Waals surface area contributed by atoms with Crippen LogP contribution in [0.4, 0.5) is 13.2 Å². The highest BCUT2D eigenvalue weighted by molar-refractivity contribution is 9.10. The van der Waals surface area contributed by atoms with Gasteiger partial charge in [-0.2, -0.15) is 13.2 Å². The lowest BCUT2D eigenvalue weighted by atomic mass is 10.1. The van der Waals surface area contributed by atoms with E-state index in [1.165, 1.54) is 6.07 Å². The van der Waals surface area contributed by atoms with E-state index in [4.69, 9.17) is 0 Å². The minimum absolute atomic E-state index is 0.0907.